The third-order valence-corrected chi connectivity index (χ3v) is 3.67. The molecule has 0 saturated heterocycles. The first-order valence-corrected chi connectivity index (χ1v) is 7.24. The number of para-hydroxylation sites is 1. The third-order valence-electron chi connectivity index (χ3n) is 3.67. The number of pyridine rings is 1. The van der Waals surface area contributed by atoms with Crippen LogP contribution in [0.3, 0.4) is 0 Å². The lowest BCUT2D eigenvalue weighted by molar-refractivity contribution is 0.597. The molecule has 0 saturated carbocycles. The zero-order valence-corrected chi connectivity index (χ0v) is 12.9. The average Bonchev–Trinajstić information content (AvgIpc) is 2.55. The fourth-order valence-electron chi connectivity index (χ4n) is 2.47. The summed E-state index contributed by atoms with van der Waals surface area (Å²) in [6.45, 7) is 0. The number of aromatic nitrogens is 1. The molecule has 0 unspecified atom stereocenters. The van der Waals surface area contributed by atoms with Crippen LogP contribution in [0.2, 0.25) is 0 Å². The summed E-state index contributed by atoms with van der Waals surface area (Å²) in [5.41, 5.74) is 2.22. The number of fused-ring (bicyclic) bond motifs is 1. The van der Waals surface area contributed by atoms with E-state index in [1.54, 1.807) is 37.3 Å². The molecule has 0 amide bonds. The zero-order chi connectivity index (χ0) is 16.4. The molecule has 3 rings (SSSR count). The molecular formula is C19H16F2N2. The van der Waals surface area contributed by atoms with E-state index in [0.717, 1.165) is 16.5 Å². The van der Waals surface area contributed by atoms with E-state index in [9.17, 15) is 8.78 Å². The summed E-state index contributed by atoms with van der Waals surface area (Å²) >= 11 is 0. The van der Waals surface area contributed by atoms with Crippen LogP contribution in [-0.2, 0) is 0 Å². The molecule has 0 aliphatic heterocycles. The Balaban J connectivity index is 2.01. The lowest BCUT2D eigenvalue weighted by Crippen LogP contribution is -2.11. The van der Waals surface area contributed by atoms with Gasteiger partial charge in [-0.2, -0.15) is 0 Å². The number of rotatable bonds is 3. The van der Waals surface area contributed by atoms with Gasteiger partial charge in [0.25, 0.3) is 0 Å². The minimum absolute atomic E-state index is 0.217. The topological polar surface area (TPSA) is 16.1 Å². The fraction of sp³-hybridized carbons (Fsp3) is 0.105. The van der Waals surface area contributed by atoms with Crippen molar-refractivity contribution in [2.75, 3.05) is 19.0 Å². The Morgan fingerprint density at radius 1 is 0.913 bits per heavy atom. The number of nitrogens with zero attached hydrogens (tertiary/aromatic N) is 2. The molecule has 1 aromatic heterocycles. The number of hydrogen-bond acceptors (Lipinski definition) is 2. The molecule has 116 valence electrons. The van der Waals surface area contributed by atoms with Gasteiger partial charge in [-0.25, -0.2) is 8.78 Å². The van der Waals surface area contributed by atoms with Crippen LogP contribution in [0.15, 0.2) is 48.7 Å². The van der Waals surface area contributed by atoms with Crippen LogP contribution < -0.4 is 4.90 Å². The first-order chi connectivity index (χ1) is 11.1. The molecule has 0 aliphatic carbocycles. The molecule has 4 heteroatoms. The highest BCUT2D eigenvalue weighted by Crippen LogP contribution is 2.24. The quantitative estimate of drug-likeness (QED) is 0.694. The Bertz CT molecular complexity index is 880. The van der Waals surface area contributed by atoms with Crippen molar-refractivity contribution in [3.8, 4) is 0 Å². The van der Waals surface area contributed by atoms with Crippen LogP contribution in [0.5, 0.6) is 0 Å². The summed E-state index contributed by atoms with van der Waals surface area (Å²) in [6, 6.07) is 12.0. The van der Waals surface area contributed by atoms with Gasteiger partial charge in [-0.1, -0.05) is 30.4 Å². The minimum atomic E-state index is -0.454. The normalized spacial score (nSPS) is 11.3. The second-order valence-corrected chi connectivity index (χ2v) is 5.47. The van der Waals surface area contributed by atoms with E-state index in [2.05, 4.69) is 4.98 Å². The predicted octanol–water partition coefficient (Wildman–Crippen LogP) is 4.75. The summed E-state index contributed by atoms with van der Waals surface area (Å²) in [4.78, 5) is 5.83. The largest absolute Gasteiger partial charge is 0.375 e. The van der Waals surface area contributed by atoms with Crippen molar-refractivity contribution in [2.45, 2.75) is 0 Å². The summed E-state index contributed by atoms with van der Waals surface area (Å²) in [5.74, 6) is -0.902. The smallest absolute Gasteiger partial charge is 0.147 e. The van der Waals surface area contributed by atoms with Gasteiger partial charge in [0.2, 0.25) is 0 Å². The fourth-order valence-corrected chi connectivity index (χ4v) is 2.47. The summed E-state index contributed by atoms with van der Waals surface area (Å²) in [5, 5.41) is 0.969. The Hall–Kier alpha value is -2.75. The van der Waals surface area contributed by atoms with Crippen LogP contribution in [0, 0.1) is 11.6 Å². The van der Waals surface area contributed by atoms with E-state index in [0.29, 0.717) is 0 Å². The van der Waals surface area contributed by atoms with Gasteiger partial charge in [0.1, 0.15) is 11.6 Å². The van der Waals surface area contributed by atoms with Crippen molar-refractivity contribution in [2.24, 2.45) is 0 Å². The van der Waals surface area contributed by atoms with Crippen molar-refractivity contribution in [3.63, 3.8) is 0 Å². The Morgan fingerprint density at radius 3 is 2.43 bits per heavy atom. The van der Waals surface area contributed by atoms with Gasteiger partial charge in [0, 0.05) is 37.3 Å². The van der Waals surface area contributed by atoms with E-state index >= 15 is 0 Å². The summed E-state index contributed by atoms with van der Waals surface area (Å²) in [7, 11) is 3.35. The molecule has 2 nitrogen and oxygen atoms in total. The van der Waals surface area contributed by atoms with Gasteiger partial charge in [-0.3, -0.25) is 4.98 Å². The van der Waals surface area contributed by atoms with Crippen LogP contribution in [-0.4, -0.2) is 19.1 Å². The molecule has 0 aliphatic rings. The zero-order valence-electron chi connectivity index (χ0n) is 12.9. The highest BCUT2D eigenvalue weighted by molar-refractivity contribution is 5.90. The number of hydrogen-bond donors (Lipinski definition) is 0. The molecule has 0 N–H and O–H groups in total. The highest BCUT2D eigenvalue weighted by atomic mass is 19.1. The predicted molar refractivity (Wildman–Crippen MR) is 91.4 cm³/mol. The number of benzene rings is 2. The molecule has 2 aromatic carbocycles. The monoisotopic (exact) mass is 310 g/mol. The molecule has 0 atom stereocenters. The van der Waals surface area contributed by atoms with Crippen LogP contribution in [0.25, 0.3) is 23.1 Å². The van der Waals surface area contributed by atoms with E-state index < -0.39 is 11.6 Å². The van der Waals surface area contributed by atoms with E-state index in [-0.39, 0.29) is 11.3 Å². The SMILES string of the molecule is CN(C)c1cc(F)c(C=Cc2ccnc3ccccc23)cc1F. The molecule has 0 radical (unpaired) electrons. The molecule has 0 bridgehead atoms. The molecule has 0 spiro atoms. The summed E-state index contributed by atoms with van der Waals surface area (Å²) < 4.78 is 28.2. The van der Waals surface area contributed by atoms with Gasteiger partial charge < -0.3 is 4.90 Å². The lowest BCUT2D eigenvalue weighted by Gasteiger charge is -2.14. The molecule has 1 heterocycles. The average molecular weight is 310 g/mol. The lowest BCUT2D eigenvalue weighted by atomic mass is 10.1. The van der Waals surface area contributed by atoms with Crippen molar-refractivity contribution in [3.05, 3.63) is 71.4 Å². The van der Waals surface area contributed by atoms with Gasteiger partial charge in [0.15, 0.2) is 0 Å². The van der Waals surface area contributed by atoms with Gasteiger partial charge in [-0.15, -0.1) is 0 Å². The highest BCUT2D eigenvalue weighted by Gasteiger charge is 2.09. The maximum atomic E-state index is 14.2. The Kier molecular flexibility index (Phi) is 4.06. The Morgan fingerprint density at radius 2 is 1.65 bits per heavy atom. The minimum Gasteiger partial charge on any atom is -0.375 e. The second kappa shape index (κ2) is 6.16. The third kappa shape index (κ3) is 3.06. The van der Waals surface area contributed by atoms with Crippen LogP contribution in [0.1, 0.15) is 11.1 Å². The number of anilines is 1. The van der Waals surface area contributed by atoms with E-state index in [4.69, 9.17) is 0 Å². The van der Waals surface area contributed by atoms with E-state index in [1.807, 2.05) is 30.3 Å². The van der Waals surface area contributed by atoms with Crippen molar-refractivity contribution in [1.82, 2.24) is 4.98 Å². The van der Waals surface area contributed by atoms with Gasteiger partial charge in [-0.05, 0) is 23.8 Å². The molecule has 0 fully saturated rings. The standard InChI is InChI=1S/C19H16F2N2/c1-23(2)19-12-16(20)14(11-17(19)21)8-7-13-9-10-22-18-6-4-3-5-15(13)18/h3-12H,1-2H3. The maximum absolute atomic E-state index is 14.2. The van der Waals surface area contributed by atoms with Crippen LogP contribution in [0.4, 0.5) is 14.5 Å². The van der Waals surface area contributed by atoms with Gasteiger partial charge in [0.05, 0.1) is 11.2 Å². The molecule has 23 heavy (non-hydrogen) atoms. The second-order valence-electron chi connectivity index (χ2n) is 5.47. The van der Waals surface area contributed by atoms with Crippen molar-refractivity contribution in [1.29, 1.82) is 0 Å². The van der Waals surface area contributed by atoms with Crippen molar-refractivity contribution >= 4 is 28.7 Å². The first-order valence-electron chi connectivity index (χ1n) is 7.24. The van der Waals surface area contributed by atoms with Crippen LogP contribution >= 0.6 is 0 Å². The first kappa shape index (κ1) is 15.2. The molecular weight excluding hydrogens is 294 g/mol. The Labute approximate surface area is 133 Å². The molecule has 3 aromatic rings. The van der Waals surface area contributed by atoms with E-state index in [1.165, 1.54) is 12.1 Å². The number of halogens is 2. The van der Waals surface area contributed by atoms with Gasteiger partial charge >= 0.3 is 0 Å². The maximum Gasteiger partial charge on any atom is 0.147 e. The summed E-state index contributed by atoms with van der Waals surface area (Å²) in [6.07, 6.45) is 5.06. The van der Waals surface area contributed by atoms with Crippen molar-refractivity contribution < 1.29 is 8.78 Å².